The molecule has 0 radical (unpaired) electrons. The normalized spacial score (nSPS) is 13.7. The van der Waals surface area contributed by atoms with Gasteiger partial charge in [0.1, 0.15) is 6.04 Å². The summed E-state index contributed by atoms with van der Waals surface area (Å²) in [6.07, 6.45) is 0. The van der Waals surface area contributed by atoms with Crippen molar-refractivity contribution in [3.63, 3.8) is 0 Å². The Morgan fingerprint density at radius 3 is 2.30 bits per heavy atom. The van der Waals surface area contributed by atoms with Crippen molar-refractivity contribution in [3.8, 4) is 0 Å². The van der Waals surface area contributed by atoms with Gasteiger partial charge in [0.2, 0.25) is 0 Å². The Kier molecular flexibility index (Phi) is 5.67. The summed E-state index contributed by atoms with van der Waals surface area (Å²) >= 11 is 0. The predicted octanol–water partition coefficient (Wildman–Crippen LogP) is 1.06. The summed E-state index contributed by atoms with van der Waals surface area (Å²) in [6.45, 7) is 3.48. The quantitative estimate of drug-likeness (QED) is 0.788. The maximum absolute atomic E-state index is 12.1. The number of carbonyl (C=O) groups is 1. The molecule has 1 rings (SSSR count). The fourth-order valence-corrected chi connectivity index (χ4v) is 2.84. The van der Waals surface area contributed by atoms with Crippen molar-refractivity contribution in [2.75, 3.05) is 7.05 Å². The Balaban J connectivity index is 2.80. The molecule has 1 atom stereocenters. The van der Waals surface area contributed by atoms with Gasteiger partial charge in [-0.3, -0.25) is 4.79 Å². The van der Waals surface area contributed by atoms with Crippen LogP contribution in [0.15, 0.2) is 30.3 Å². The van der Waals surface area contributed by atoms with E-state index in [1.807, 2.05) is 30.3 Å². The number of carboxylic acid groups (broad SMARTS) is 1. The number of hydrogen-bond acceptors (Lipinski definition) is 3. The van der Waals surface area contributed by atoms with Crippen LogP contribution in [0.25, 0.3) is 0 Å². The summed E-state index contributed by atoms with van der Waals surface area (Å²) in [5, 5.41) is 9.03. The van der Waals surface area contributed by atoms with Crippen molar-refractivity contribution in [2.45, 2.75) is 26.4 Å². The summed E-state index contributed by atoms with van der Waals surface area (Å²) in [5.74, 6) is -1.52. The Morgan fingerprint density at radius 1 is 1.30 bits per heavy atom. The van der Waals surface area contributed by atoms with Gasteiger partial charge in [0.25, 0.3) is 10.2 Å². The molecule has 20 heavy (non-hydrogen) atoms. The number of benzene rings is 1. The first kappa shape index (κ1) is 16.6. The highest BCUT2D eigenvalue weighted by Gasteiger charge is 2.29. The van der Waals surface area contributed by atoms with E-state index in [1.165, 1.54) is 7.05 Å². The lowest BCUT2D eigenvalue weighted by atomic mass is 10.1. The number of carboxylic acids is 1. The lowest BCUT2D eigenvalue weighted by molar-refractivity contribution is -0.140. The molecular formula is C13H20N2O4S. The molecule has 2 N–H and O–H groups in total. The SMILES string of the molecule is CC(C)[C@H](NS(=O)(=O)N(C)Cc1ccccc1)C(=O)O. The first-order valence-corrected chi connectivity index (χ1v) is 7.68. The number of nitrogens with one attached hydrogen (secondary N) is 1. The minimum Gasteiger partial charge on any atom is -0.480 e. The molecule has 0 aliphatic rings. The monoisotopic (exact) mass is 300 g/mol. The Bertz CT molecular complexity index is 543. The molecule has 0 aliphatic heterocycles. The van der Waals surface area contributed by atoms with Gasteiger partial charge in [0.15, 0.2) is 0 Å². The van der Waals surface area contributed by atoms with Gasteiger partial charge in [0.05, 0.1) is 0 Å². The summed E-state index contributed by atoms with van der Waals surface area (Å²) in [5.41, 5.74) is 0.830. The Labute approximate surface area is 119 Å². The topological polar surface area (TPSA) is 86.7 Å². The molecule has 7 heteroatoms. The molecule has 0 fully saturated rings. The second-order valence-corrected chi connectivity index (χ2v) is 6.73. The highest BCUT2D eigenvalue weighted by atomic mass is 32.2. The van der Waals surface area contributed by atoms with Gasteiger partial charge in [-0.15, -0.1) is 0 Å². The zero-order valence-electron chi connectivity index (χ0n) is 11.8. The van der Waals surface area contributed by atoms with Crippen LogP contribution in [0.1, 0.15) is 19.4 Å². The molecule has 6 nitrogen and oxygen atoms in total. The average molecular weight is 300 g/mol. The highest BCUT2D eigenvalue weighted by Crippen LogP contribution is 2.09. The summed E-state index contributed by atoms with van der Waals surface area (Å²) in [6, 6.07) is 7.95. The molecule has 0 saturated carbocycles. The first-order valence-electron chi connectivity index (χ1n) is 6.24. The van der Waals surface area contributed by atoms with Crippen LogP contribution >= 0.6 is 0 Å². The van der Waals surface area contributed by atoms with Crippen molar-refractivity contribution in [1.29, 1.82) is 0 Å². The van der Waals surface area contributed by atoms with E-state index in [2.05, 4.69) is 4.72 Å². The molecule has 0 amide bonds. The van der Waals surface area contributed by atoms with Crippen LogP contribution in [0.4, 0.5) is 0 Å². The number of nitrogens with zero attached hydrogens (tertiary/aromatic N) is 1. The Morgan fingerprint density at radius 2 is 1.85 bits per heavy atom. The van der Waals surface area contributed by atoms with Crippen molar-refractivity contribution in [1.82, 2.24) is 9.03 Å². The zero-order valence-corrected chi connectivity index (χ0v) is 12.6. The van der Waals surface area contributed by atoms with E-state index < -0.39 is 22.2 Å². The van der Waals surface area contributed by atoms with Crippen LogP contribution in [0, 0.1) is 5.92 Å². The molecule has 0 aromatic heterocycles. The molecule has 1 aromatic carbocycles. The highest BCUT2D eigenvalue weighted by molar-refractivity contribution is 7.87. The maximum atomic E-state index is 12.1. The van der Waals surface area contributed by atoms with Crippen molar-refractivity contribution in [3.05, 3.63) is 35.9 Å². The summed E-state index contributed by atoms with van der Waals surface area (Å²) < 4.78 is 27.5. The third-order valence-electron chi connectivity index (χ3n) is 2.87. The maximum Gasteiger partial charge on any atom is 0.322 e. The number of aliphatic carboxylic acids is 1. The largest absolute Gasteiger partial charge is 0.480 e. The molecule has 0 bridgehead atoms. The molecule has 0 spiro atoms. The van der Waals surface area contributed by atoms with Gasteiger partial charge in [-0.1, -0.05) is 44.2 Å². The van der Waals surface area contributed by atoms with Crippen LogP contribution < -0.4 is 4.72 Å². The third kappa shape index (κ3) is 4.59. The van der Waals surface area contributed by atoms with E-state index in [-0.39, 0.29) is 12.5 Å². The van der Waals surface area contributed by atoms with E-state index in [0.717, 1.165) is 9.87 Å². The van der Waals surface area contributed by atoms with Crippen LogP contribution in [0.5, 0.6) is 0 Å². The molecule has 0 heterocycles. The average Bonchev–Trinajstić information content (AvgIpc) is 2.36. The van der Waals surface area contributed by atoms with Crippen LogP contribution in [-0.2, 0) is 21.5 Å². The molecule has 0 saturated heterocycles. The van der Waals surface area contributed by atoms with Gasteiger partial charge in [0, 0.05) is 13.6 Å². The van der Waals surface area contributed by atoms with E-state index in [9.17, 15) is 13.2 Å². The lowest BCUT2D eigenvalue weighted by Gasteiger charge is -2.23. The summed E-state index contributed by atoms with van der Waals surface area (Å²) in [4.78, 5) is 11.1. The number of rotatable bonds is 7. The minimum absolute atomic E-state index is 0.181. The molecule has 1 aromatic rings. The second-order valence-electron chi connectivity index (χ2n) is 4.92. The third-order valence-corrected chi connectivity index (χ3v) is 4.37. The fraction of sp³-hybridized carbons (Fsp3) is 0.462. The predicted molar refractivity (Wildman–Crippen MR) is 76.2 cm³/mol. The summed E-state index contributed by atoms with van der Waals surface area (Å²) in [7, 11) is -2.43. The Hall–Kier alpha value is -1.44. The van der Waals surface area contributed by atoms with Crippen LogP contribution in [0.2, 0.25) is 0 Å². The van der Waals surface area contributed by atoms with Gasteiger partial charge < -0.3 is 5.11 Å². The van der Waals surface area contributed by atoms with Gasteiger partial charge in [-0.2, -0.15) is 17.4 Å². The van der Waals surface area contributed by atoms with Gasteiger partial charge in [-0.25, -0.2) is 0 Å². The minimum atomic E-state index is -3.85. The first-order chi connectivity index (χ1) is 9.24. The van der Waals surface area contributed by atoms with Crippen molar-refractivity contribution >= 4 is 16.2 Å². The van der Waals surface area contributed by atoms with Crippen molar-refractivity contribution in [2.24, 2.45) is 5.92 Å². The van der Waals surface area contributed by atoms with Crippen LogP contribution in [-0.4, -0.2) is 36.9 Å². The van der Waals surface area contributed by atoms with E-state index in [4.69, 9.17) is 5.11 Å². The van der Waals surface area contributed by atoms with E-state index >= 15 is 0 Å². The van der Waals surface area contributed by atoms with E-state index in [1.54, 1.807) is 13.8 Å². The van der Waals surface area contributed by atoms with E-state index in [0.29, 0.717) is 0 Å². The molecular weight excluding hydrogens is 280 g/mol. The van der Waals surface area contributed by atoms with Crippen molar-refractivity contribution < 1.29 is 18.3 Å². The smallest absolute Gasteiger partial charge is 0.322 e. The van der Waals surface area contributed by atoms with Gasteiger partial charge >= 0.3 is 5.97 Å². The van der Waals surface area contributed by atoms with Crippen LogP contribution in [0.3, 0.4) is 0 Å². The standard InChI is InChI=1S/C13H20N2O4S/c1-10(2)12(13(16)17)14-20(18,19)15(3)9-11-7-5-4-6-8-11/h4-8,10,12,14H,9H2,1-3H3,(H,16,17)/t12-/m0/s1. The molecule has 0 unspecified atom stereocenters. The number of hydrogen-bond donors (Lipinski definition) is 2. The lowest BCUT2D eigenvalue weighted by Crippen LogP contribution is -2.49. The molecule has 0 aliphatic carbocycles. The second kappa shape index (κ2) is 6.83. The molecule has 112 valence electrons. The van der Waals surface area contributed by atoms with Gasteiger partial charge in [-0.05, 0) is 11.5 Å². The zero-order chi connectivity index (χ0) is 15.3. The fourth-order valence-electron chi connectivity index (χ4n) is 1.65.